The van der Waals surface area contributed by atoms with Crippen molar-refractivity contribution in [3.63, 3.8) is 0 Å². The molecule has 0 aliphatic carbocycles. The average molecular weight is 1460 g/mol. The molecule has 0 heterocycles. The smallest absolute Gasteiger partial charge is 0.462 e. The molecule has 0 aliphatic rings. The van der Waals surface area contributed by atoms with Crippen LogP contribution < -0.4 is 0 Å². The van der Waals surface area contributed by atoms with Gasteiger partial charge in [0.2, 0.25) is 0 Å². The third-order valence-corrected chi connectivity index (χ3v) is 20.7. The van der Waals surface area contributed by atoms with E-state index in [1.54, 1.807) is 0 Å². The molecular weight excluding hydrogens is 1310 g/mol. The number of rotatable bonds is 79. The van der Waals surface area contributed by atoms with Gasteiger partial charge in [-0.05, 0) is 57.3 Å². The number of phosphoric acid groups is 2. The molecule has 0 fully saturated rings. The Morgan fingerprint density at radius 2 is 0.560 bits per heavy atom. The molecule has 0 spiro atoms. The summed E-state index contributed by atoms with van der Waals surface area (Å²) in [5, 5.41) is 10.6. The Morgan fingerprint density at radius 1 is 0.320 bits per heavy atom. The van der Waals surface area contributed by atoms with Gasteiger partial charge in [0.15, 0.2) is 12.2 Å². The van der Waals surface area contributed by atoms with Gasteiger partial charge in [-0.1, -0.05) is 354 Å². The third kappa shape index (κ3) is 72.5. The summed E-state index contributed by atoms with van der Waals surface area (Å²) in [7, 11) is -9.93. The van der Waals surface area contributed by atoms with E-state index in [-0.39, 0.29) is 25.7 Å². The van der Waals surface area contributed by atoms with E-state index in [0.717, 1.165) is 115 Å². The predicted molar refractivity (Wildman–Crippen MR) is 409 cm³/mol. The highest BCUT2D eigenvalue weighted by molar-refractivity contribution is 7.47. The van der Waals surface area contributed by atoms with Crippen molar-refractivity contribution in [1.29, 1.82) is 0 Å². The molecule has 0 saturated carbocycles. The van der Waals surface area contributed by atoms with Crippen molar-refractivity contribution >= 4 is 39.5 Å². The molecule has 0 amide bonds. The van der Waals surface area contributed by atoms with Crippen LogP contribution in [0.1, 0.15) is 407 Å². The fourth-order valence-corrected chi connectivity index (χ4v) is 13.6. The van der Waals surface area contributed by atoms with Gasteiger partial charge >= 0.3 is 39.5 Å². The van der Waals surface area contributed by atoms with Crippen LogP contribution >= 0.6 is 15.6 Å². The van der Waals surface area contributed by atoms with Crippen molar-refractivity contribution in [2.45, 2.75) is 425 Å². The zero-order valence-corrected chi connectivity index (χ0v) is 66.6. The summed E-state index contributed by atoms with van der Waals surface area (Å²) >= 11 is 0. The Kier molecular flexibility index (Phi) is 71.6. The molecule has 0 rings (SSSR count). The van der Waals surface area contributed by atoms with Crippen LogP contribution in [0.5, 0.6) is 0 Å². The summed E-state index contributed by atoms with van der Waals surface area (Å²) in [5.41, 5.74) is 0. The van der Waals surface area contributed by atoms with Gasteiger partial charge in [-0.2, -0.15) is 0 Å². The molecule has 100 heavy (non-hydrogen) atoms. The molecule has 3 unspecified atom stereocenters. The van der Waals surface area contributed by atoms with Crippen LogP contribution in [0.2, 0.25) is 0 Å². The first-order valence-corrected chi connectivity index (χ1v) is 44.5. The Bertz CT molecular complexity index is 2010. The molecule has 0 aromatic carbocycles. The number of aliphatic hydroxyl groups is 1. The van der Waals surface area contributed by atoms with E-state index in [2.05, 4.69) is 58.9 Å². The molecule has 17 nitrogen and oxygen atoms in total. The Morgan fingerprint density at radius 3 is 0.850 bits per heavy atom. The van der Waals surface area contributed by atoms with Crippen molar-refractivity contribution in [3.05, 3.63) is 24.3 Å². The second kappa shape index (κ2) is 73.4. The number of aliphatic hydroxyl groups excluding tert-OH is 1. The number of carbonyl (C=O) groups excluding carboxylic acids is 4. The van der Waals surface area contributed by atoms with Crippen molar-refractivity contribution in [2.75, 3.05) is 39.6 Å². The maximum atomic E-state index is 13.1. The van der Waals surface area contributed by atoms with Gasteiger partial charge in [0.05, 0.1) is 26.4 Å². The number of hydrogen-bond acceptors (Lipinski definition) is 15. The number of ether oxygens (including phenoxy) is 4. The van der Waals surface area contributed by atoms with Crippen LogP contribution in [-0.4, -0.2) is 96.7 Å². The van der Waals surface area contributed by atoms with Gasteiger partial charge in [-0.3, -0.25) is 37.3 Å². The summed E-state index contributed by atoms with van der Waals surface area (Å²) in [6.07, 6.45) is 67.3. The number of unbranched alkanes of at least 4 members (excludes halogenated alkanes) is 47. The van der Waals surface area contributed by atoms with Crippen LogP contribution in [0, 0.1) is 5.92 Å². The molecule has 0 bridgehead atoms. The Hall–Kier alpha value is -2.46. The summed E-state index contributed by atoms with van der Waals surface area (Å²) in [6.45, 7) is 7.28. The molecule has 590 valence electrons. The lowest BCUT2D eigenvalue weighted by atomic mass is 9.99. The zero-order chi connectivity index (χ0) is 73.4. The van der Waals surface area contributed by atoms with Crippen LogP contribution in [0.4, 0.5) is 0 Å². The van der Waals surface area contributed by atoms with E-state index in [9.17, 15) is 43.2 Å². The van der Waals surface area contributed by atoms with Gasteiger partial charge < -0.3 is 33.8 Å². The molecule has 0 aromatic heterocycles. The second-order valence-electron chi connectivity index (χ2n) is 28.7. The van der Waals surface area contributed by atoms with Gasteiger partial charge in [-0.25, -0.2) is 9.13 Å². The number of esters is 4. The van der Waals surface area contributed by atoms with Gasteiger partial charge in [-0.15, -0.1) is 0 Å². The fraction of sp³-hybridized carbons (Fsp3) is 0.901. The normalized spacial score (nSPS) is 14.3. The van der Waals surface area contributed by atoms with Crippen molar-refractivity contribution in [3.8, 4) is 0 Å². The number of carbonyl (C=O) groups is 4. The van der Waals surface area contributed by atoms with Crippen molar-refractivity contribution in [2.24, 2.45) is 5.92 Å². The average Bonchev–Trinajstić information content (AvgIpc) is 0.962. The predicted octanol–water partition coefficient (Wildman–Crippen LogP) is 24.0. The lowest BCUT2D eigenvalue weighted by molar-refractivity contribution is -0.161. The highest BCUT2D eigenvalue weighted by Gasteiger charge is 2.30. The molecular formula is C81H154O17P2. The van der Waals surface area contributed by atoms with Gasteiger partial charge in [0, 0.05) is 25.7 Å². The molecule has 0 aromatic rings. The first-order chi connectivity index (χ1) is 48.6. The molecule has 0 saturated heterocycles. The largest absolute Gasteiger partial charge is 0.472 e. The van der Waals surface area contributed by atoms with E-state index in [1.807, 2.05) is 0 Å². The minimum atomic E-state index is -4.97. The summed E-state index contributed by atoms with van der Waals surface area (Å²) in [4.78, 5) is 73.0. The molecule has 6 atom stereocenters. The SMILES string of the molecule is CCCCCC/C=C\C=C/CCCCCCCC(=O)OC[C@H](COP(=O)(O)OC[C@@H](O)COP(=O)(O)OC[C@@H](COC(=O)CCCCCCCCCCCCC)OC(=O)CCCCCCCCCCCCC(C)CC)OC(=O)CCCCCCCCCCCCCCCCCCCCCC. The maximum absolute atomic E-state index is 13.1. The first-order valence-electron chi connectivity index (χ1n) is 41.5. The fourth-order valence-electron chi connectivity index (χ4n) is 12.0. The Labute approximate surface area is 612 Å². The third-order valence-electron chi connectivity index (χ3n) is 18.8. The summed E-state index contributed by atoms with van der Waals surface area (Å²) in [5.74, 6) is -1.34. The lowest BCUT2D eigenvalue weighted by Gasteiger charge is -2.21. The number of hydrogen-bond donors (Lipinski definition) is 3. The molecule has 19 heteroatoms. The minimum absolute atomic E-state index is 0.102. The molecule has 0 aliphatic heterocycles. The van der Waals surface area contributed by atoms with Gasteiger partial charge in [0.25, 0.3) is 0 Å². The highest BCUT2D eigenvalue weighted by atomic mass is 31.2. The van der Waals surface area contributed by atoms with Crippen molar-refractivity contribution < 1.29 is 80.2 Å². The topological polar surface area (TPSA) is 237 Å². The van der Waals surface area contributed by atoms with E-state index in [0.29, 0.717) is 25.7 Å². The molecule has 3 N–H and O–H groups in total. The summed E-state index contributed by atoms with van der Waals surface area (Å²) < 4.78 is 68.7. The minimum Gasteiger partial charge on any atom is -0.462 e. The van der Waals surface area contributed by atoms with E-state index in [1.165, 1.54) is 212 Å². The lowest BCUT2D eigenvalue weighted by Crippen LogP contribution is -2.30. The van der Waals surface area contributed by atoms with Crippen LogP contribution in [0.25, 0.3) is 0 Å². The van der Waals surface area contributed by atoms with E-state index in [4.69, 9.17) is 37.0 Å². The quantitative estimate of drug-likeness (QED) is 0.0169. The maximum Gasteiger partial charge on any atom is 0.472 e. The first kappa shape index (κ1) is 97.5. The van der Waals surface area contributed by atoms with Crippen molar-refractivity contribution in [1.82, 2.24) is 0 Å². The van der Waals surface area contributed by atoms with Gasteiger partial charge in [0.1, 0.15) is 19.3 Å². The van der Waals surface area contributed by atoms with E-state index >= 15 is 0 Å². The van der Waals surface area contributed by atoms with E-state index < -0.39 is 97.5 Å². The standard InChI is InChI=1S/C81H154O17P2/c1-6-10-13-16-19-22-25-27-29-30-31-32-33-35-37-40-46-51-56-61-66-80(85)97-76(71-92-79(84)65-60-55-50-45-39-36-34-28-26-23-20-17-14-11-7-2)72-95-99(87,88)93-68-75(82)69-94-100(89,90)96-73-77(70-91-78(83)64-59-54-49-44-38-24-21-18-15-12-8-3)98-81(86)67-62-57-52-47-42-41-43-48-53-58-63-74(5)9-4/h23,26,28,34,74-77,82H,6-22,24-25,27,29-33,35-73H2,1-5H3,(H,87,88)(H,89,90)/b26-23-,34-28-/t74?,75-,76-,77-/m1/s1. The number of allylic oxidation sites excluding steroid dienone is 4. The Balaban J connectivity index is 5.27. The summed E-state index contributed by atoms with van der Waals surface area (Å²) in [6, 6.07) is 0. The zero-order valence-electron chi connectivity index (χ0n) is 64.8. The number of phosphoric ester groups is 2. The molecule has 0 radical (unpaired) electrons. The monoisotopic (exact) mass is 1460 g/mol. The van der Waals surface area contributed by atoms with Crippen LogP contribution in [0.15, 0.2) is 24.3 Å². The second-order valence-corrected chi connectivity index (χ2v) is 31.6. The van der Waals surface area contributed by atoms with Crippen LogP contribution in [-0.2, 0) is 65.4 Å². The highest BCUT2D eigenvalue weighted by Crippen LogP contribution is 2.45. The van der Waals surface area contributed by atoms with Crippen LogP contribution in [0.3, 0.4) is 0 Å².